The number of hydrogen-bond acceptors (Lipinski definition) is 3. The van der Waals surface area contributed by atoms with E-state index in [0.717, 1.165) is 25.3 Å². The fourth-order valence-corrected chi connectivity index (χ4v) is 1.25. The summed E-state index contributed by atoms with van der Waals surface area (Å²) in [7, 11) is 2.09. The van der Waals surface area contributed by atoms with Crippen molar-refractivity contribution in [3.8, 4) is 6.07 Å². The lowest BCUT2D eigenvalue weighted by Gasteiger charge is -2.14. The van der Waals surface area contributed by atoms with Crippen molar-refractivity contribution in [2.24, 2.45) is 0 Å². The number of likely N-dealkylation sites (N-methyl/N-ethyl adjacent to an activating group) is 1. The summed E-state index contributed by atoms with van der Waals surface area (Å²) >= 11 is 0. The molecule has 80 valence electrons. The van der Waals surface area contributed by atoms with E-state index in [1.807, 2.05) is 24.3 Å². The number of hydrogen-bond donors (Lipinski definition) is 1. The van der Waals surface area contributed by atoms with Crippen LogP contribution in [0, 0.1) is 11.3 Å². The zero-order chi connectivity index (χ0) is 11.1. The van der Waals surface area contributed by atoms with Gasteiger partial charge in [0.2, 0.25) is 0 Å². The number of nitrogens with one attached hydrogen (secondary N) is 1. The highest BCUT2D eigenvalue weighted by molar-refractivity contribution is 5.49. The van der Waals surface area contributed by atoms with Crippen LogP contribution in [-0.2, 0) is 0 Å². The first-order valence-electron chi connectivity index (χ1n) is 5.19. The van der Waals surface area contributed by atoms with Crippen LogP contribution in [0.4, 0.5) is 5.69 Å². The largest absolute Gasteiger partial charge is 0.384 e. The minimum absolute atomic E-state index is 0.698. The highest BCUT2D eigenvalue weighted by Crippen LogP contribution is 2.08. The number of anilines is 1. The first-order chi connectivity index (χ1) is 7.26. The Morgan fingerprint density at radius 2 is 2.27 bits per heavy atom. The maximum Gasteiger partial charge on any atom is 0.0992 e. The van der Waals surface area contributed by atoms with Crippen molar-refractivity contribution in [1.29, 1.82) is 5.26 Å². The van der Waals surface area contributed by atoms with E-state index in [1.165, 1.54) is 0 Å². The van der Waals surface area contributed by atoms with Gasteiger partial charge in [0.1, 0.15) is 0 Å². The molecular weight excluding hydrogens is 186 g/mol. The van der Waals surface area contributed by atoms with Crippen LogP contribution < -0.4 is 5.32 Å². The second-order valence-electron chi connectivity index (χ2n) is 3.52. The molecule has 0 unspecified atom stereocenters. The summed E-state index contributed by atoms with van der Waals surface area (Å²) in [6.45, 7) is 5.10. The molecule has 0 aliphatic heterocycles. The summed E-state index contributed by atoms with van der Waals surface area (Å²) in [5.41, 5.74) is 1.71. The standard InChI is InChI=1S/C12H17N3/c1-3-15(2)8-7-14-12-6-4-5-11(9-12)10-13/h4-6,9,14H,3,7-8H2,1-2H3. The van der Waals surface area contributed by atoms with Crippen molar-refractivity contribution >= 4 is 5.69 Å². The number of nitrogens with zero attached hydrogens (tertiary/aromatic N) is 2. The summed E-state index contributed by atoms with van der Waals surface area (Å²) in [6, 6.07) is 9.68. The van der Waals surface area contributed by atoms with Crippen molar-refractivity contribution in [1.82, 2.24) is 4.90 Å². The smallest absolute Gasteiger partial charge is 0.0992 e. The molecule has 0 atom stereocenters. The van der Waals surface area contributed by atoms with Gasteiger partial charge in [-0.15, -0.1) is 0 Å². The average Bonchev–Trinajstić information content (AvgIpc) is 2.29. The van der Waals surface area contributed by atoms with Gasteiger partial charge in [0.15, 0.2) is 0 Å². The molecule has 3 heteroatoms. The molecule has 1 N–H and O–H groups in total. The second kappa shape index (κ2) is 6.05. The Kier molecular flexibility index (Phi) is 4.65. The lowest BCUT2D eigenvalue weighted by atomic mass is 10.2. The maximum absolute atomic E-state index is 8.73. The third-order valence-electron chi connectivity index (χ3n) is 2.35. The number of benzene rings is 1. The van der Waals surface area contributed by atoms with Crippen molar-refractivity contribution in [3.63, 3.8) is 0 Å². The van der Waals surface area contributed by atoms with E-state index in [9.17, 15) is 0 Å². The summed E-state index contributed by atoms with van der Waals surface area (Å²) < 4.78 is 0. The Hall–Kier alpha value is -1.53. The van der Waals surface area contributed by atoms with Gasteiger partial charge in [-0.05, 0) is 31.8 Å². The van der Waals surface area contributed by atoms with Crippen molar-refractivity contribution in [2.45, 2.75) is 6.92 Å². The molecule has 0 fully saturated rings. The van der Waals surface area contributed by atoms with E-state index in [1.54, 1.807) is 0 Å². The van der Waals surface area contributed by atoms with E-state index in [0.29, 0.717) is 5.56 Å². The Bertz CT molecular complexity index is 341. The molecule has 0 saturated heterocycles. The van der Waals surface area contributed by atoms with Gasteiger partial charge < -0.3 is 10.2 Å². The van der Waals surface area contributed by atoms with Crippen LogP contribution >= 0.6 is 0 Å². The topological polar surface area (TPSA) is 39.1 Å². The van der Waals surface area contributed by atoms with Crippen molar-refractivity contribution < 1.29 is 0 Å². The lowest BCUT2D eigenvalue weighted by molar-refractivity contribution is 0.367. The third-order valence-corrected chi connectivity index (χ3v) is 2.35. The molecule has 0 aromatic heterocycles. The average molecular weight is 203 g/mol. The van der Waals surface area contributed by atoms with E-state index >= 15 is 0 Å². The monoisotopic (exact) mass is 203 g/mol. The SMILES string of the molecule is CCN(C)CCNc1cccc(C#N)c1. The zero-order valence-corrected chi connectivity index (χ0v) is 9.33. The normalized spacial score (nSPS) is 10.0. The predicted molar refractivity (Wildman–Crippen MR) is 62.8 cm³/mol. The second-order valence-corrected chi connectivity index (χ2v) is 3.52. The zero-order valence-electron chi connectivity index (χ0n) is 9.33. The van der Waals surface area contributed by atoms with Gasteiger partial charge in [-0.2, -0.15) is 5.26 Å². The van der Waals surface area contributed by atoms with Crippen LogP contribution in [0.15, 0.2) is 24.3 Å². The highest BCUT2D eigenvalue weighted by atomic mass is 15.1. The highest BCUT2D eigenvalue weighted by Gasteiger charge is 1.96. The summed E-state index contributed by atoms with van der Waals surface area (Å²) in [4.78, 5) is 2.24. The van der Waals surface area contributed by atoms with Crippen molar-refractivity contribution in [3.05, 3.63) is 29.8 Å². The van der Waals surface area contributed by atoms with Gasteiger partial charge in [0.05, 0.1) is 11.6 Å². The quantitative estimate of drug-likeness (QED) is 0.794. The van der Waals surface area contributed by atoms with Crippen LogP contribution in [0.3, 0.4) is 0 Å². The van der Waals surface area contributed by atoms with Gasteiger partial charge in [-0.1, -0.05) is 13.0 Å². The third kappa shape index (κ3) is 4.01. The molecule has 0 bridgehead atoms. The Morgan fingerprint density at radius 1 is 1.47 bits per heavy atom. The molecule has 0 amide bonds. The fraction of sp³-hybridized carbons (Fsp3) is 0.417. The molecule has 0 heterocycles. The number of nitriles is 1. The molecule has 1 aromatic carbocycles. The first kappa shape index (κ1) is 11.5. The van der Waals surface area contributed by atoms with E-state index in [-0.39, 0.29) is 0 Å². The van der Waals surface area contributed by atoms with E-state index < -0.39 is 0 Å². The molecule has 0 aliphatic carbocycles. The molecular formula is C12H17N3. The minimum Gasteiger partial charge on any atom is -0.384 e. The molecule has 3 nitrogen and oxygen atoms in total. The molecule has 0 saturated carbocycles. The van der Waals surface area contributed by atoms with E-state index in [4.69, 9.17) is 5.26 Å². The first-order valence-corrected chi connectivity index (χ1v) is 5.19. The number of rotatable bonds is 5. The predicted octanol–water partition coefficient (Wildman–Crippen LogP) is 1.92. The summed E-state index contributed by atoms with van der Waals surface area (Å²) in [5.74, 6) is 0. The van der Waals surface area contributed by atoms with Crippen LogP contribution in [0.25, 0.3) is 0 Å². The summed E-state index contributed by atoms with van der Waals surface area (Å²) in [5, 5.41) is 12.0. The van der Waals surface area contributed by atoms with Gasteiger partial charge in [-0.3, -0.25) is 0 Å². The minimum atomic E-state index is 0.698. The van der Waals surface area contributed by atoms with Crippen LogP contribution in [-0.4, -0.2) is 31.6 Å². The van der Waals surface area contributed by atoms with Crippen LogP contribution in [0.5, 0.6) is 0 Å². The van der Waals surface area contributed by atoms with Gasteiger partial charge in [0.25, 0.3) is 0 Å². The van der Waals surface area contributed by atoms with E-state index in [2.05, 4.69) is 30.3 Å². The maximum atomic E-state index is 8.73. The Morgan fingerprint density at radius 3 is 2.93 bits per heavy atom. The molecule has 1 rings (SSSR count). The summed E-state index contributed by atoms with van der Waals surface area (Å²) in [6.07, 6.45) is 0. The molecule has 0 aliphatic rings. The van der Waals surface area contributed by atoms with Crippen molar-refractivity contribution in [2.75, 3.05) is 32.0 Å². The molecule has 0 spiro atoms. The van der Waals surface area contributed by atoms with Gasteiger partial charge in [-0.25, -0.2) is 0 Å². The molecule has 0 radical (unpaired) electrons. The van der Waals surface area contributed by atoms with Gasteiger partial charge >= 0.3 is 0 Å². The van der Waals surface area contributed by atoms with Crippen LogP contribution in [0.1, 0.15) is 12.5 Å². The van der Waals surface area contributed by atoms with Crippen LogP contribution in [0.2, 0.25) is 0 Å². The lowest BCUT2D eigenvalue weighted by Crippen LogP contribution is -2.24. The Balaban J connectivity index is 2.41. The molecule has 15 heavy (non-hydrogen) atoms. The van der Waals surface area contributed by atoms with Gasteiger partial charge in [0, 0.05) is 18.8 Å². The molecule has 1 aromatic rings. The fourth-order valence-electron chi connectivity index (χ4n) is 1.25. The Labute approximate surface area is 91.3 Å².